The van der Waals surface area contributed by atoms with Crippen LogP contribution in [-0.2, 0) is 10.2 Å². The van der Waals surface area contributed by atoms with Gasteiger partial charge in [-0.3, -0.25) is 4.79 Å². The van der Waals surface area contributed by atoms with Crippen molar-refractivity contribution in [1.82, 2.24) is 9.78 Å². The molecule has 0 spiro atoms. The lowest BCUT2D eigenvalue weighted by Crippen LogP contribution is -2.16. The second-order valence-corrected chi connectivity index (χ2v) is 8.11. The first-order chi connectivity index (χ1) is 12.4. The number of aromatic nitrogens is 2. The Balaban J connectivity index is 1.79. The number of anilines is 1. The van der Waals surface area contributed by atoms with Crippen molar-refractivity contribution in [3.05, 3.63) is 72.4 Å². The van der Waals surface area contributed by atoms with Gasteiger partial charge in [-0.15, -0.1) is 11.8 Å². The number of nitrogens with one attached hydrogen (secondary N) is 1. The van der Waals surface area contributed by atoms with Crippen molar-refractivity contribution in [1.29, 1.82) is 0 Å². The number of carbonyl (C=O) groups is 1. The zero-order valence-corrected chi connectivity index (χ0v) is 16.1. The summed E-state index contributed by atoms with van der Waals surface area (Å²) in [4.78, 5) is 13.5. The lowest BCUT2D eigenvalue weighted by Gasteiger charge is -2.14. The van der Waals surface area contributed by atoms with Crippen molar-refractivity contribution >= 4 is 23.5 Å². The molecule has 0 aliphatic carbocycles. The maximum atomic E-state index is 12.5. The van der Waals surface area contributed by atoms with E-state index in [0.717, 1.165) is 16.3 Å². The molecule has 0 saturated carbocycles. The van der Waals surface area contributed by atoms with E-state index in [-0.39, 0.29) is 11.3 Å². The number of benzene rings is 2. The number of hydrogen-bond acceptors (Lipinski definition) is 3. The molecule has 3 aromatic rings. The van der Waals surface area contributed by atoms with E-state index in [0.29, 0.717) is 11.6 Å². The summed E-state index contributed by atoms with van der Waals surface area (Å²) in [6, 6.07) is 21.7. The van der Waals surface area contributed by atoms with Gasteiger partial charge in [0.1, 0.15) is 5.82 Å². The van der Waals surface area contributed by atoms with Crippen molar-refractivity contribution in [2.24, 2.45) is 0 Å². The van der Waals surface area contributed by atoms with Gasteiger partial charge >= 0.3 is 0 Å². The third kappa shape index (κ3) is 4.55. The van der Waals surface area contributed by atoms with Crippen LogP contribution >= 0.6 is 11.8 Å². The minimum Gasteiger partial charge on any atom is -0.310 e. The normalized spacial score (nSPS) is 11.3. The molecule has 3 rings (SSSR count). The molecule has 0 atom stereocenters. The van der Waals surface area contributed by atoms with Gasteiger partial charge < -0.3 is 5.32 Å². The molecule has 0 fully saturated rings. The summed E-state index contributed by atoms with van der Waals surface area (Å²) in [5.74, 6) is 1.01. The molecule has 1 heterocycles. The van der Waals surface area contributed by atoms with Gasteiger partial charge in [-0.2, -0.15) is 5.10 Å². The third-order valence-corrected chi connectivity index (χ3v) is 4.87. The molecule has 1 amide bonds. The van der Waals surface area contributed by atoms with E-state index in [4.69, 9.17) is 5.10 Å². The van der Waals surface area contributed by atoms with Crippen LogP contribution in [0.25, 0.3) is 5.69 Å². The summed E-state index contributed by atoms with van der Waals surface area (Å²) in [7, 11) is 0. The Bertz CT molecular complexity index is 867. The van der Waals surface area contributed by atoms with E-state index in [1.54, 1.807) is 4.68 Å². The fraction of sp³-hybridized carbons (Fsp3) is 0.238. The molecule has 4 nitrogen and oxygen atoms in total. The zero-order valence-electron chi connectivity index (χ0n) is 15.3. The average Bonchev–Trinajstić information content (AvgIpc) is 3.06. The lowest BCUT2D eigenvalue weighted by molar-refractivity contribution is -0.113. The second kappa shape index (κ2) is 7.79. The van der Waals surface area contributed by atoms with Crippen LogP contribution in [0.5, 0.6) is 0 Å². The summed E-state index contributed by atoms with van der Waals surface area (Å²) < 4.78 is 1.80. The molecule has 0 aliphatic heterocycles. The van der Waals surface area contributed by atoms with Gasteiger partial charge in [-0.25, -0.2) is 4.68 Å². The molecule has 1 aromatic heterocycles. The Labute approximate surface area is 158 Å². The molecule has 134 valence electrons. The van der Waals surface area contributed by atoms with Gasteiger partial charge in [0, 0.05) is 16.4 Å². The molecule has 2 aromatic carbocycles. The predicted octanol–water partition coefficient (Wildman–Crippen LogP) is 4.90. The summed E-state index contributed by atoms with van der Waals surface area (Å²) in [6.07, 6.45) is 0. The van der Waals surface area contributed by atoms with Gasteiger partial charge in [-0.1, -0.05) is 57.2 Å². The van der Waals surface area contributed by atoms with Crippen LogP contribution in [-0.4, -0.2) is 21.4 Å². The maximum absolute atomic E-state index is 12.5. The van der Waals surface area contributed by atoms with Crippen molar-refractivity contribution in [3.8, 4) is 5.69 Å². The lowest BCUT2D eigenvalue weighted by atomic mass is 9.92. The molecule has 0 bridgehead atoms. The summed E-state index contributed by atoms with van der Waals surface area (Å²) >= 11 is 1.52. The van der Waals surface area contributed by atoms with E-state index in [1.807, 2.05) is 66.7 Å². The molecule has 1 N–H and O–H groups in total. The number of amides is 1. The number of para-hydroxylation sites is 1. The van der Waals surface area contributed by atoms with E-state index < -0.39 is 0 Å². The Morgan fingerprint density at radius 1 is 1.04 bits per heavy atom. The number of hydrogen-bond donors (Lipinski definition) is 1. The molecular weight excluding hydrogens is 342 g/mol. The molecule has 0 saturated heterocycles. The van der Waals surface area contributed by atoms with Crippen molar-refractivity contribution in [2.45, 2.75) is 31.1 Å². The quantitative estimate of drug-likeness (QED) is 0.654. The molecule has 5 heteroatoms. The first-order valence-corrected chi connectivity index (χ1v) is 9.56. The Morgan fingerprint density at radius 2 is 1.65 bits per heavy atom. The van der Waals surface area contributed by atoms with E-state index >= 15 is 0 Å². The molecule has 0 radical (unpaired) electrons. The average molecular weight is 366 g/mol. The van der Waals surface area contributed by atoms with Crippen LogP contribution in [0.15, 0.2) is 71.6 Å². The highest BCUT2D eigenvalue weighted by Gasteiger charge is 2.21. The van der Waals surface area contributed by atoms with Crippen molar-refractivity contribution < 1.29 is 4.79 Å². The number of nitrogens with zero attached hydrogens (tertiary/aromatic N) is 2. The van der Waals surface area contributed by atoms with Gasteiger partial charge in [0.05, 0.1) is 17.1 Å². The van der Waals surface area contributed by atoms with Crippen molar-refractivity contribution in [2.75, 3.05) is 11.1 Å². The first kappa shape index (κ1) is 18.3. The topological polar surface area (TPSA) is 46.9 Å². The van der Waals surface area contributed by atoms with Crippen LogP contribution in [0.3, 0.4) is 0 Å². The minimum atomic E-state index is -0.0989. The summed E-state index contributed by atoms with van der Waals surface area (Å²) in [5, 5.41) is 7.73. The Morgan fingerprint density at radius 3 is 2.27 bits per heavy atom. The highest BCUT2D eigenvalue weighted by atomic mass is 32.2. The van der Waals surface area contributed by atoms with Gasteiger partial charge in [0.25, 0.3) is 0 Å². The predicted molar refractivity (Wildman–Crippen MR) is 108 cm³/mol. The largest absolute Gasteiger partial charge is 0.310 e. The highest BCUT2D eigenvalue weighted by molar-refractivity contribution is 8.00. The maximum Gasteiger partial charge on any atom is 0.235 e. The fourth-order valence-corrected chi connectivity index (χ4v) is 3.17. The van der Waals surface area contributed by atoms with E-state index in [2.05, 4.69) is 26.1 Å². The summed E-state index contributed by atoms with van der Waals surface area (Å²) in [6.45, 7) is 6.34. The van der Waals surface area contributed by atoms with Gasteiger partial charge in [0.15, 0.2) is 0 Å². The highest BCUT2D eigenvalue weighted by Crippen LogP contribution is 2.26. The zero-order chi connectivity index (χ0) is 18.6. The Hall–Kier alpha value is -2.53. The molecule has 26 heavy (non-hydrogen) atoms. The first-order valence-electron chi connectivity index (χ1n) is 8.57. The molecule has 0 aliphatic rings. The van der Waals surface area contributed by atoms with Crippen LogP contribution in [0.2, 0.25) is 0 Å². The smallest absolute Gasteiger partial charge is 0.235 e. The summed E-state index contributed by atoms with van der Waals surface area (Å²) in [5.41, 5.74) is 1.76. The number of carbonyl (C=O) groups excluding carboxylic acids is 1. The minimum absolute atomic E-state index is 0.0450. The van der Waals surface area contributed by atoms with Crippen LogP contribution in [0, 0.1) is 0 Å². The van der Waals surface area contributed by atoms with Gasteiger partial charge in [-0.05, 0) is 24.3 Å². The monoisotopic (exact) mass is 365 g/mol. The van der Waals surface area contributed by atoms with Crippen LogP contribution in [0.1, 0.15) is 26.5 Å². The van der Waals surface area contributed by atoms with E-state index in [9.17, 15) is 4.79 Å². The molecule has 0 unspecified atom stereocenters. The SMILES string of the molecule is CC(C)(C)c1cc(NC(=O)CSc2ccccc2)n(-c2ccccc2)n1. The van der Waals surface area contributed by atoms with E-state index in [1.165, 1.54) is 11.8 Å². The Kier molecular flexibility index (Phi) is 5.47. The standard InChI is InChI=1S/C21H23N3OS/c1-21(2,3)18-14-19(24(23-18)16-10-6-4-7-11-16)22-20(25)15-26-17-12-8-5-9-13-17/h4-14H,15H2,1-3H3,(H,22,25). The molecular formula is C21H23N3OS. The number of thioether (sulfide) groups is 1. The van der Waals surface area contributed by atoms with Crippen LogP contribution < -0.4 is 5.32 Å². The van der Waals surface area contributed by atoms with Crippen molar-refractivity contribution in [3.63, 3.8) is 0 Å². The third-order valence-electron chi connectivity index (χ3n) is 3.86. The van der Waals surface area contributed by atoms with Crippen LogP contribution in [0.4, 0.5) is 5.82 Å². The second-order valence-electron chi connectivity index (χ2n) is 7.06. The number of rotatable bonds is 5. The fourth-order valence-electron chi connectivity index (χ4n) is 2.45. The van der Waals surface area contributed by atoms with Gasteiger partial charge in [0.2, 0.25) is 5.91 Å².